The maximum absolute atomic E-state index is 12.7. The molecule has 2 aliphatic carbocycles. The van der Waals surface area contributed by atoms with Gasteiger partial charge in [-0.05, 0) is 51.4 Å². The summed E-state index contributed by atoms with van der Waals surface area (Å²) in [7, 11) is 1.67. The van der Waals surface area contributed by atoms with E-state index in [1.165, 1.54) is 12.8 Å². The summed E-state index contributed by atoms with van der Waals surface area (Å²) in [6.07, 6.45) is 4.66. The number of hydrogen-bond acceptors (Lipinski definition) is 3. The van der Waals surface area contributed by atoms with E-state index < -0.39 is 5.54 Å². The Labute approximate surface area is 110 Å². The number of ether oxygens (including phenoxy) is 1. The van der Waals surface area contributed by atoms with Crippen LogP contribution in [0.2, 0.25) is 0 Å². The van der Waals surface area contributed by atoms with Crippen LogP contribution in [0.3, 0.4) is 0 Å². The first-order valence-corrected chi connectivity index (χ1v) is 7.07. The zero-order valence-electron chi connectivity index (χ0n) is 11.8. The Kier molecular flexibility index (Phi) is 3.97. The molecule has 0 radical (unpaired) electrons. The summed E-state index contributed by atoms with van der Waals surface area (Å²) < 4.78 is 5.13. The van der Waals surface area contributed by atoms with E-state index in [1.54, 1.807) is 7.11 Å². The first-order chi connectivity index (χ1) is 8.48. The Balaban J connectivity index is 2.03. The van der Waals surface area contributed by atoms with E-state index >= 15 is 0 Å². The second kappa shape index (κ2) is 5.17. The predicted octanol–water partition coefficient (Wildman–Crippen LogP) is 1.39. The molecule has 2 N–H and O–H groups in total. The third-order valence-corrected chi connectivity index (χ3v) is 4.48. The van der Waals surface area contributed by atoms with Crippen LogP contribution in [0.25, 0.3) is 0 Å². The Bertz CT molecular complexity index is 309. The van der Waals surface area contributed by atoms with Crippen LogP contribution in [0, 0.1) is 11.8 Å². The summed E-state index contributed by atoms with van der Waals surface area (Å²) in [4.78, 5) is 14.6. The summed E-state index contributed by atoms with van der Waals surface area (Å²) >= 11 is 0. The van der Waals surface area contributed by atoms with Gasteiger partial charge in [0, 0.05) is 19.7 Å². The number of carbonyl (C=O) groups is 1. The van der Waals surface area contributed by atoms with Gasteiger partial charge in [-0.15, -0.1) is 0 Å². The summed E-state index contributed by atoms with van der Waals surface area (Å²) in [6, 6.07) is 0.300. The fraction of sp³-hybridized carbons (Fsp3) is 0.929. The lowest BCUT2D eigenvalue weighted by atomic mass is 9.94. The van der Waals surface area contributed by atoms with Crippen LogP contribution in [0.1, 0.15) is 39.5 Å². The average molecular weight is 254 g/mol. The minimum absolute atomic E-state index is 0.112. The molecule has 0 aromatic rings. The SMILES string of the molecule is COCCN(C(=O)C(C)(N)C1CC1)C(C)C1CC1. The van der Waals surface area contributed by atoms with Crippen molar-refractivity contribution in [1.82, 2.24) is 4.90 Å². The molecule has 4 nitrogen and oxygen atoms in total. The molecule has 0 heterocycles. The van der Waals surface area contributed by atoms with Gasteiger partial charge in [-0.2, -0.15) is 0 Å². The summed E-state index contributed by atoms with van der Waals surface area (Å²) in [5, 5.41) is 0. The number of nitrogens with two attached hydrogens (primary N) is 1. The smallest absolute Gasteiger partial charge is 0.242 e. The minimum atomic E-state index is -0.684. The first-order valence-electron chi connectivity index (χ1n) is 7.07. The molecule has 0 bridgehead atoms. The van der Waals surface area contributed by atoms with Gasteiger partial charge in [0.15, 0.2) is 0 Å². The number of carbonyl (C=O) groups excluding carboxylic acids is 1. The van der Waals surface area contributed by atoms with E-state index in [0.29, 0.717) is 31.0 Å². The maximum Gasteiger partial charge on any atom is 0.242 e. The van der Waals surface area contributed by atoms with Gasteiger partial charge >= 0.3 is 0 Å². The molecular weight excluding hydrogens is 228 g/mol. The molecular formula is C14H26N2O2. The van der Waals surface area contributed by atoms with Crippen molar-refractivity contribution in [3.63, 3.8) is 0 Å². The second-order valence-corrected chi connectivity index (χ2v) is 6.13. The van der Waals surface area contributed by atoms with Crippen molar-refractivity contribution in [2.24, 2.45) is 17.6 Å². The number of methoxy groups -OCH3 is 1. The summed E-state index contributed by atoms with van der Waals surface area (Å²) in [5.74, 6) is 1.16. The van der Waals surface area contributed by atoms with Gasteiger partial charge in [-0.25, -0.2) is 0 Å². The molecule has 0 aliphatic heterocycles. The van der Waals surface area contributed by atoms with E-state index in [1.807, 2.05) is 11.8 Å². The van der Waals surface area contributed by atoms with Crippen molar-refractivity contribution < 1.29 is 9.53 Å². The second-order valence-electron chi connectivity index (χ2n) is 6.13. The van der Waals surface area contributed by atoms with Gasteiger partial charge in [0.1, 0.15) is 0 Å². The molecule has 18 heavy (non-hydrogen) atoms. The van der Waals surface area contributed by atoms with Crippen molar-refractivity contribution in [1.29, 1.82) is 0 Å². The molecule has 0 aromatic carbocycles. The number of hydrogen-bond donors (Lipinski definition) is 1. The van der Waals surface area contributed by atoms with Crippen LogP contribution in [-0.2, 0) is 9.53 Å². The average Bonchev–Trinajstić information content (AvgIpc) is 3.20. The Morgan fingerprint density at radius 3 is 2.50 bits per heavy atom. The van der Waals surface area contributed by atoms with Crippen LogP contribution in [-0.4, -0.2) is 42.6 Å². The highest BCUT2D eigenvalue weighted by molar-refractivity contribution is 5.86. The van der Waals surface area contributed by atoms with Crippen LogP contribution >= 0.6 is 0 Å². The van der Waals surface area contributed by atoms with Crippen LogP contribution in [0.5, 0.6) is 0 Å². The van der Waals surface area contributed by atoms with E-state index in [2.05, 4.69) is 6.92 Å². The molecule has 0 spiro atoms. The molecule has 2 atom stereocenters. The van der Waals surface area contributed by atoms with Gasteiger partial charge in [-0.1, -0.05) is 0 Å². The van der Waals surface area contributed by atoms with Gasteiger partial charge in [0.25, 0.3) is 0 Å². The molecule has 104 valence electrons. The third kappa shape index (κ3) is 2.86. The highest BCUT2D eigenvalue weighted by atomic mass is 16.5. The molecule has 4 heteroatoms. The van der Waals surface area contributed by atoms with E-state index in [9.17, 15) is 4.79 Å². The molecule has 0 saturated heterocycles. The van der Waals surface area contributed by atoms with Crippen LogP contribution in [0.4, 0.5) is 0 Å². The Hall–Kier alpha value is -0.610. The number of nitrogens with zero attached hydrogens (tertiary/aromatic N) is 1. The zero-order chi connectivity index (χ0) is 13.3. The summed E-state index contributed by atoms with van der Waals surface area (Å²) in [5.41, 5.74) is 5.58. The van der Waals surface area contributed by atoms with E-state index in [4.69, 9.17) is 10.5 Å². The molecule has 2 rings (SSSR count). The lowest BCUT2D eigenvalue weighted by molar-refractivity contribution is -0.140. The van der Waals surface area contributed by atoms with E-state index in [-0.39, 0.29) is 5.91 Å². The van der Waals surface area contributed by atoms with Crippen molar-refractivity contribution >= 4 is 5.91 Å². The predicted molar refractivity (Wildman–Crippen MR) is 71.1 cm³/mol. The van der Waals surface area contributed by atoms with Gasteiger partial charge < -0.3 is 15.4 Å². The van der Waals surface area contributed by atoms with Crippen LogP contribution in [0.15, 0.2) is 0 Å². The quantitative estimate of drug-likeness (QED) is 0.747. The Morgan fingerprint density at radius 1 is 1.44 bits per heavy atom. The normalized spacial score (nSPS) is 24.4. The van der Waals surface area contributed by atoms with E-state index in [0.717, 1.165) is 12.8 Å². The third-order valence-electron chi connectivity index (χ3n) is 4.48. The molecule has 2 fully saturated rings. The minimum Gasteiger partial charge on any atom is -0.383 e. The molecule has 2 unspecified atom stereocenters. The Morgan fingerprint density at radius 2 is 2.06 bits per heavy atom. The topological polar surface area (TPSA) is 55.6 Å². The first kappa shape index (κ1) is 13.8. The monoisotopic (exact) mass is 254 g/mol. The molecule has 0 aromatic heterocycles. The van der Waals surface area contributed by atoms with Gasteiger partial charge in [0.2, 0.25) is 5.91 Å². The number of amides is 1. The maximum atomic E-state index is 12.7. The van der Waals surface area contributed by atoms with Crippen molar-refractivity contribution in [2.75, 3.05) is 20.3 Å². The lowest BCUT2D eigenvalue weighted by Crippen LogP contribution is -2.58. The largest absolute Gasteiger partial charge is 0.383 e. The summed E-state index contributed by atoms with van der Waals surface area (Å²) in [6.45, 7) is 5.29. The van der Waals surface area contributed by atoms with Crippen molar-refractivity contribution in [3.05, 3.63) is 0 Å². The molecule has 2 saturated carbocycles. The lowest BCUT2D eigenvalue weighted by Gasteiger charge is -2.36. The van der Waals surface area contributed by atoms with Crippen molar-refractivity contribution in [2.45, 2.75) is 51.1 Å². The number of rotatable bonds is 7. The highest BCUT2D eigenvalue weighted by Crippen LogP contribution is 2.41. The zero-order valence-corrected chi connectivity index (χ0v) is 11.8. The fourth-order valence-corrected chi connectivity index (χ4v) is 2.68. The molecule has 2 aliphatic rings. The fourth-order valence-electron chi connectivity index (χ4n) is 2.68. The van der Waals surface area contributed by atoms with Crippen molar-refractivity contribution in [3.8, 4) is 0 Å². The van der Waals surface area contributed by atoms with Crippen LogP contribution < -0.4 is 5.73 Å². The van der Waals surface area contributed by atoms with Gasteiger partial charge in [-0.3, -0.25) is 4.79 Å². The standard InChI is InChI=1S/C14H26N2O2/c1-10(11-4-5-11)16(8-9-18-3)13(17)14(2,15)12-6-7-12/h10-12H,4-9,15H2,1-3H3. The molecule has 1 amide bonds. The highest BCUT2D eigenvalue weighted by Gasteiger charge is 2.47. The van der Waals surface area contributed by atoms with Gasteiger partial charge in [0.05, 0.1) is 12.1 Å².